The molecule has 7 heteroatoms. The Hall–Kier alpha value is -2.96. The number of hydrogen-bond donors (Lipinski definition) is 0. The highest BCUT2D eigenvalue weighted by atomic mass is 16.5. The number of aryl methyl sites for hydroxylation is 1. The van der Waals surface area contributed by atoms with Gasteiger partial charge in [-0.05, 0) is 37.1 Å². The van der Waals surface area contributed by atoms with Gasteiger partial charge in [-0.25, -0.2) is 0 Å². The molecule has 1 aliphatic carbocycles. The van der Waals surface area contributed by atoms with Crippen LogP contribution < -0.4 is 0 Å². The molecule has 3 aromatic rings. The first kappa shape index (κ1) is 15.6. The van der Waals surface area contributed by atoms with Crippen molar-refractivity contribution in [2.75, 3.05) is 7.05 Å². The van der Waals surface area contributed by atoms with Crippen LogP contribution in [0.2, 0.25) is 0 Å². The van der Waals surface area contributed by atoms with Crippen molar-refractivity contribution in [1.82, 2.24) is 24.8 Å². The molecule has 0 N–H and O–H groups in total. The minimum atomic E-state index is -0.0420. The first-order valence-corrected chi connectivity index (χ1v) is 8.27. The van der Waals surface area contributed by atoms with E-state index in [1.165, 1.54) is 0 Å². The normalized spacial score (nSPS) is 13.8. The Bertz CT molecular complexity index is 892. The molecular weight excluding hydrogens is 318 g/mol. The van der Waals surface area contributed by atoms with E-state index in [0.29, 0.717) is 23.9 Å². The Kier molecular flexibility index (Phi) is 3.83. The topological polar surface area (TPSA) is 77.1 Å². The third-order valence-electron chi connectivity index (χ3n) is 4.29. The molecule has 0 saturated heterocycles. The van der Waals surface area contributed by atoms with Crippen molar-refractivity contribution < 1.29 is 9.32 Å². The Morgan fingerprint density at radius 1 is 1.32 bits per heavy atom. The molecule has 2 aromatic heterocycles. The minimum absolute atomic E-state index is 0.0420. The van der Waals surface area contributed by atoms with Crippen molar-refractivity contribution >= 4 is 5.91 Å². The molecule has 4 rings (SSSR count). The number of amides is 1. The number of aromatic nitrogens is 4. The Morgan fingerprint density at radius 2 is 2.08 bits per heavy atom. The standard InChI is InChI=1S/C18H19N5O2/c1-22(10-12-9-19-23(2)11-12)18(24)15-7-5-14(6-8-15)17-20-16(21-25-17)13-3-4-13/h5-9,11,13H,3-4,10H2,1-2H3. The molecule has 0 atom stereocenters. The van der Waals surface area contributed by atoms with Gasteiger partial charge in [0, 0.05) is 49.4 Å². The van der Waals surface area contributed by atoms with Crippen LogP contribution in [0.3, 0.4) is 0 Å². The van der Waals surface area contributed by atoms with Gasteiger partial charge >= 0.3 is 0 Å². The summed E-state index contributed by atoms with van der Waals surface area (Å²) >= 11 is 0. The Balaban J connectivity index is 1.45. The lowest BCUT2D eigenvalue weighted by atomic mass is 10.1. The zero-order chi connectivity index (χ0) is 17.4. The van der Waals surface area contributed by atoms with Gasteiger partial charge in [0.2, 0.25) is 0 Å². The third-order valence-corrected chi connectivity index (χ3v) is 4.29. The fourth-order valence-corrected chi connectivity index (χ4v) is 2.73. The highest BCUT2D eigenvalue weighted by molar-refractivity contribution is 5.94. The second kappa shape index (κ2) is 6.16. The maximum absolute atomic E-state index is 12.6. The van der Waals surface area contributed by atoms with Gasteiger partial charge in [0.25, 0.3) is 11.8 Å². The summed E-state index contributed by atoms with van der Waals surface area (Å²) in [5.41, 5.74) is 2.44. The summed E-state index contributed by atoms with van der Waals surface area (Å²) < 4.78 is 7.04. The van der Waals surface area contributed by atoms with Crippen LogP contribution in [0.4, 0.5) is 0 Å². The van der Waals surface area contributed by atoms with E-state index in [1.807, 2.05) is 25.4 Å². The monoisotopic (exact) mass is 337 g/mol. The second-order valence-corrected chi connectivity index (χ2v) is 6.49. The van der Waals surface area contributed by atoms with E-state index >= 15 is 0 Å². The summed E-state index contributed by atoms with van der Waals surface area (Å²) in [5.74, 6) is 1.70. The predicted octanol–water partition coefficient (Wildman–Crippen LogP) is 2.62. The van der Waals surface area contributed by atoms with Crippen LogP contribution in [0.15, 0.2) is 41.2 Å². The first-order valence-electron chi connectivity index (χ1n) is 8.27. The summed E-state index contributed by atoms with van der Waals surface area (Å²) in [6.45, 7) is 0.517. The highest BCUT2D eigenvalue weighted by Gasteiger charge is 2.29. The van der Waals surface area contributed by atoms with Crippen molar-refractivity contribution in [3.63, 3.8) is 0 Å². The van der Waals surface area contributed by atoms with E-state index in [0.717, 1.165) is 29.8 Å². The van der Waals surface area contributed by atoms with Crippen molar-refractivity contribution in [3.05, 3.63) is 53.6 Å². The third kappa shape index (κ3) is 3.31. The maximum Gasteiger partial charge on any atom is 0.257 e. The fourth-order valence-electron chi connectivity index (χ4n) is 2.73. The number of rotatable bonds is 5. The molecule has 0 bridgehead atoms. The van der Waals surface area contributed by atoms with Gasteiger partial charge in [0.05, 0.1) is 6.20 Å². The quantitative estimate of drug-likeness (QED) is 0.715. The summed E-state index contributed by atoms with van der Waals surface area (Å²) in [6.07, 6.45) is 5.94. The molecule has 1 fully saturated rings. The average Bonchev–Trinajstić information content (AvgIpc) is 3.21. The van der Waals surface area contributed by atoms with E-state index < -0.39 is 0 Å². The average molecular weight is 337 g/mol. The van der Waals surface area contributed by atoms with Gasteiger partial charge in [0.15, 0.2) is 5.82 Å². The lowest BCUT2D eigenvalue weighted by Gasteiger charge is -2.16. The number of carbonyl (C=O) groups is 1. The van der Waals surface area contributed by atoms with Crippen molar-refractivity contribution in [1.29, 1.82) is 0 Å². The van der Waals surface area contributed by atoms with Crippen LogP contribution in [-0.4, -0.2) is 37.8 Å². The van der Waals surface area contributed by atoms with E-state index in [-0.39, 0.29) is 5.91 Å². The van der Waals surface area contributed by atoms with Crippen LogP contribution in [0, 0.1) is 0 Å². The molecule has 0 unspecified atom stereocenters. The molecule has 0 aliphatic heterocycles. The van der Waals surface area contributed by atoms with E-state index in [9.17, 15) is 4.79 Å². The molecule has 0 spiro atoms. The maximum atomic E-state index is 12.6. The summed E-state index contributed by atoms with van der Waals surface area (Å²) in [4.78, 5) is 18.7. The van der Waals surface area contributed by atoms with Crippen LogP contribution in [-0.2, 0) is 13.6 Å². The second-order valence-electron chi connectivity index (χ2n) is 6.49. The van der Waals surface area contributed by atoms with Crippen molar-refractivity contribution in [2.45, 2.75) is 25.3 Å². The molecule has 1 amide bonds. The minimum Gasteiger partial charge on any atom is -0.337 e. The predicted molar refractivity (Wildman–Crippen MR) is 90.7 cm³/mol. The fraction of sp³-hybridized carbons (Fsp3) is 0.333. The van der Waals surface area contributed by atoms with Crippen molar-refractivity contribution in [2.24, 2.45) is 7.05 Å². The number of carbonyl (C=O) groups excluding carboxylic acids is 1. The Morgan fingerprint density at radius 3 is 2.72 bits per heavy atom. The molecule has 2 heterocycles. The van der Waals surface area contributed by atoms with Gasteiger partial charge in [0.1, 0.15) is 0 Å². The largest absolute Gasteiger partial charge is 0.337 e. The van der Waals surface area contributed by atoms with Gasteiger partial charge in [-0.1, -0.05) is 5.16 Å². The summed E-state index contributed by atoms with van der Waals surface area (Å²) in [7, 11) is 3.64. The Labute approximate surface area is 145 Å². The van der Waals surface area contributed by atoms with E-state index in [1.54, 1.807) is 35.0 Å². The molecule has 25 heavy (non-hydrogen) atoms. The molecule has 1 aliphatic rings. The number of nitrogens with zero attached hydrogens (tertiary/aromatic N) is 5. The molecule has 1 aromatic carbocycles. The highest BCUT2D eigenvalue weighted by Crippen LogP contribution is 2.38. The summed E-state index contributed by atoms with van der Waals surface area (Å²) in [5, 5.41) is 8.14. The van der Waals surface area contributed by atoms with Crippen molar-refractivity contribution in [3.8, 4) is 11.5 Å². The summed E-state index contributed by atoms with van der Waals surface area (Å²) in [6, 6.07) is 7.27. The van der Waals surface area contributed by atoms with Crippen LogP contribution in [0.1, 0.15) is 40.5 Å². The molecule has 0 radical (unpaired) electrons. The molecular formula is C18H19N5O2. The molecule has 1 saturated carbocycles. The lowest BCUT2D eigenvalue weighted by Crippen LogP contribution is -2.25. The number of hydrogen-bond acceptors (Lipinski definition) is 5. The number of benzene rings is 1. The smallest absolute Gasteiger partial charge is 0.257 e. The van der Waals surface area contributed by atoms with Gasteiger partial charge in [-0.15, -0.1) is 0 Å². The van der Waals surface area contributed by atoms with Crippen LogP contribution >= 0.6 is 0 Å². The van der Waals surface area contributed by atoms with E-state index in [4.69, 9.17) is 4.52 Å². The lowest BCUT2D eigenvalue weighted by molar-refractivity contribution is 0.0785. The van der Waals surface area contributed by atoms with E-state index in [2.05, 4.69) is 15.2 Å². The first-order chi connectivity index (χ1) is 12.1. The van der Waals surface area contributed by atoms with Gasteiger partial charge in [-0.3, -0.25) is 9.48 Å². The zero-order valence-electron chi connectivity index (χ0n) is 14.2. The molecule has 128 valence electrons. The van der Waals surface area contributed by atoms with Gasteiger partial charge < -0.3 is 9.42 Å². The molecule has 7 nitrogen and oxygen atoms in total. The zero-order valence-corrected chi connectivity index (χ0v) is 14.2. The van der Waals surface area contributed by atoms with Crippen LogP contribution in [0.5, 0.6) is 0 Å². The van der Waals surface area contributed by atoms with Crippen LogP contribution in [0.25, 0.3) is 11.5 Å². The SMILES string of the molecule is CN(Cc1cnn(C)c1)C(=O)c1ccc(-c2nc(C3CC3)no2)cc1. The van der Waals surface area contributed by atoms with Gasteiger partial charge in [-0.2, -0.15) is 10.1 Å².